The van der Waals surface area contributed by atoms with Crippen molar-refractivity contribution in [1.82, 2.24) is 20.1 Å². The molecule has 0 aromatic carbocycles. The number of aryl methyl sites for hydroxylation is 1. The molecule has 1 saturated heterocycles. The number of anilines is 1. The van der Waals surface area contributed by atoms with E-state index in [1.54, 1.807) is 0 Å². The number of nitrogens with zero attached hydrogens (tertiary/aromatic N) is 5. The molecule has 3 heterocycles. The molecule has 0 aliphatic carbocycles. The van der Waals surface area contributed by atoms with Crippen LogP contribution in [-0.2, 0) is 0 Å². The Labute approximate surface area is 124 Å². The Bertz CT molecular complexity index is 610. The molecule has 0 amide bonds. The molecular formula is C15H21N5O. The molecule has 21 heavy (non-hydrogen) atoms. The summed E-state index contributed by atoms with van der Waals surface area (Å²) in [5.41, 5.74) is 0.990. The van der Waals surface area contributed by atoms with Crippen molar-refractivity contribution in [3.63, 3.8) is 0 Å². The molecule has 112 valence electrons. The van der Waals surface area contributed by atoms with Crippen molar-refractivity contribution in [2.75, 3.05) is 18.0 Å². The molecule has 1 aliphatic heterocycles. The van der Waals surface area contributed by atoms with Gasteiger partial charge >= 0.3 is 0 Å². The SMILES string of the molecule is Cc1ccnc(N2CCC[C@H](c3noc(C(C)C)n3)C2)n1. The standard InChI is InChI=1S/C15H21N5O/c1-10(2)14-18-13(19-21-14)12-5-4-8-20(9-12)15-16-7-6-11(3)17-15/h6-7,10,12H,4-5,8-9H2,1-3H3/t12-/m0/s1. The summed E-state index contributed by atoms with van der Waals surface area (Å²) >= 11 is 0. The van der Waals surface area contributed by atoms with E-state index < -0.39 is 0 Å². The van der Waals surface area contributed by atoms with Gasteiger partial charge in [-0.2, -0.15) is 4.98 Å². The Hall–Kier alpha value is -1.98. The van der Waals surface area contributed by atoms with Crippen molar-refractivity contribution in [2.24, 2.45) is 0 Å². The number of rotatable bonds is 3. The Morgan fingerprint density at radius 1 is 1.33 bits per heavy atom. The zero-order chi connectivity index (χ0) is 14.8. The molecule has 1 atom stereocenters. The fraction of sp³-hybridized carbons (Fsp3) is 0.600. The minimum Gasteiger partial charge on any atom is -0.340 e. The number of piperidine rings is 1. The van der Waals surface area contributed by atoms with Crippen molar-refractivity contribution in [3.05, 3.63) is 29.7 Å². The fourth-order valence-electron chi connectivity index (χ4n) is 2.61. The first-order valence-corrected chi connectivity index (χ1v) is 7.51. The van der Waals surface area contributed by atoms with Gasteiger partial charge in [0, 0.05) is 36.8 Å². The lowest BCUT2D eigenvalue weighted by Gasteiger charge is -2.31. The summed E-state index contributed by atoms with van der Waals surface area (Å²) in [4.78, 5) is 15.6. The van der Waals surface area contributed by atoms with E-state index >= 15 is 0 Å². The Kier molecular flexibility index (Phi) is 3.86. The first kappa shape index (κ1) is 14.0. The van der Waals surface area contributed by atoms with Gasteiger partial charge < -0.3 is 9.42 Å². The molecule has 0 radical (unpaired) electrons. The quantitative estimate of drug-likeness (QED) is 0.864. The maximum atomic E-state index is 5.33. The van der Waals surface area contributed by atoms with Crippen LogP contribution in [0, 0.1) is 6.92 Å². The second kappa shape index (κ2) is 5.79. The van der Waals surface area contributed by atoms with Gasteiger partial charge in [0.15, 0.2) is 5.82 Å². The molecule has 0 bridgehead atoms. The number of hydrogen-bond acceptors (Lipinski definition) is 6. The lowest BCUT2D eigenvalue weighted by Crippen LogP contribution is -2.36. The van der Waals surface area contributed by atoms with Crippen LogP contribution in [0.2, 0.25) is 0 Å². The monoisotopic (exact) mass is 287 g/mol. The molecule has 1 fully saturated rings. The zero-order valence-corrected chi connectivity index (χ0v) is 12.8. The van der Waals surface area contributed by atoms with Gasteiger partial charge in [0.05, 0.1) is 0 Å². The first-order chi connectivity index (χ1) is 10.1. The van der Waals surface area contributed by atoms with E-state index in [0.717, 1.165) is 43.4 Å². The molecular weight excluding hydrogens is 266 g/mol. The lowest BCUT2D eigenvalue weighted by molar-refractivity contribution is 0.354. The molecule has 0 saturated carbocycles. The van der Waals surface area contributed by atoms with Crippen LogP contribution in [0.1, 0.15) is 55.9 Å². The molecule has 6 heteroatoms. The van der Waals surface area contributed by atoms with Crippen LogP contribution in [0.3, 0.4) is 0 Å². The van der Waals surface area contributed by atoms with Crippen LogP contribution in [0.5, 0.6) is 0 Å². The van der Waals surface area contributed by atoms with E-state index in [2.05, 4.69) is 38.9 Å². The van der Waals surface area contributed by atoms with Crippen molar-refractivity contribution in [3.8, 4) is 0 Å². The van der Waals surface area contributed by atoms with Gasteiger partial charge in [0.1, 0.15) is 0 Å². The highest BCUT2D eigenvalue weighted by Gasteiger charge is 2.27. The average molecular weight is 287 g/mol. The Morgan fingerprint density at radius 2 is 2.19 bits per heavy atom. The summed E-state index contributed by atoms with van der Waals surface area (Å²) < 4.78 is 5.33. The maximum Gasteiger partial charge on any atom is 0.229 e. The third kappa shape index (κ3) is 3.04. The zero-order valence-electron chi connectivity index (χ0n) is 12.8. The third-order valence-corrected chi connectivity index (χ3v) is 3.80. The molecule has 6 nitrogen and oxygen atoms in total. The van der Waals surface area contributed by atoms with Crippen LogP contribution in [-0.4, -0.2) is 33.2 Å². The minimum absolute atomic E-state index is 0.269. The highest BCUT2D eigenvalue weighted by atomic mass is 16.5. The summed E-state index contributed by atoms with van der Waals surface area (Å²) in [5, 5.41) is 4.15. The smallest absolute Gasteiger partial charge is 0.229 e. The second-order valence-electron chi connectivity index (χ2n) is 5.93. The topological polar surface area (TPSA) is 67.9 Å². The normalized spacial score (nSPS) is 19.2. The first-order valence-electron chi connectivity index (χ1n) is 7.51. The van der Waals surface area contributed by atoms with E-state index in [4.69, 9.17) is 4.52 Å². The summed E-state index contributed by atoms with van der Waals surface area (Å²) in [6, 6.07) is 1.92. The highest BCUT2D eigenvalue weighted by molar-refractivity contribution is 5.32. The van der Waals surface area contributed by atoms with Gasteiger partial charge in [-0.3, -0.25) is 0 Å². The summed E-state index contributed by atoms with van der Waals surface area (Å²) in [6.07, 6.45) is 3.99. The van der Waals surface area contributed by atoms with E-state index in [9.17, 15) is 0 Å². The van der Waals surface area contributed by atoms with Crippen LogP contribution in [0.25, 0.3) is 0 Å². The van der Waals surface area contributed by atoms with E-state index in [1.807, 2.05) is 19.2 Å². The lowest BCUT2D eigenvalue weighted by atomic mass is 9.97. The predicted molar refractivity (Wildman–Crippen MR) is 79.3 cm³/mol. The van der Waals surface area contributed by atoms with Crippen molar-refractivity contribution in [1.29, 1.82) is 0 Å². The van der Waals surface area contributed by atoms with Crippen molar-refractivity contribution >= 4 is 5.95 Å². The van der Waals surface area contributed by atoms with Crippen LogP contribution in [0.15, 0.2) is 16.8 Å². The Balaban J connectivity index is 1.76. The molecule has 2 aromatic rings. The molecule has 0 N–H and O–H groups in total. The third-order valence-electron chi connectivity index (χ3n) is 3.80. The second-order valence-corrected chi connectivity index (χ2v) is 5.93. The maximum absolute atomic E-state index is 5.33. The van der Waals surface area contributed by atoms with Gasteiger partial charge in [0.25, 0.3) is 0 Å². The molecule has 3 rings (SSSR count). The summed E-state index contributed by atoms with van der Waals surface area (Å²) in [5.74, 6) is 2.89. The molecule has 0 spiro atoms. The minimum atomic E-state index is 0.269. The summed E-state index contributed by atoms with van der Waals surface area (Å²) in [7, 11) is 0. The Morgan fingerprint density at radius 3 is 2.90 bits per heavy atom. The van der Waals surface area contributed by atoms with Gasteiger partial charge in [-0.1, -0.05) is 19.0 Å². The largest absolute Gasteiger partial charge is 0.340 e. The van der Waals surface area contributed by atoms with Crippen LogP contribution in [0.4, 0.5) is 5.95 Å². The van der Waals surface area contributed by atoms with E-state index in [-0.39, 0.29) is 5.92 Å². The molecule has 2 aromatic heterocycles. The van der Waals surface area contributed by atoms with Gasteiger partial charge in [-0.15, -0.1) is 0 Å². The van der Waals surface area contributed by atoms with Gasteiger partial charge in [-0.05, 0) is 25.8 Å². The predicted octanol–water partition coefficient (Wildman–Crippen LogP) is 2.68. The van der Waals surface area contributed by atoms with Gasteiger partial charge in [-0.25, -0.2) is 9.97 Å². The molecule has 1 aliphatic rings. The fourth-order valence-corrected chi connectivity index (χ4v) is 2.61. The van der Waals surface area contributed by atoms with E-state index in [0.29, 0.717) is 11.8 Å². The van der Waals surface area contributed by atoms with Gasteiger partial charge in [0.2, 0.25) is 11.8 Å². The van der Waals surface area contributed by atoms with Crippen LogP contribution >= 0.6 is 0 Å². The number of aromatic nitrogens is 4. The number of hydrogen-bond donors (Lipinski definition) is 0. The van der Waals surface area contributed by atoms with Crippen LogP contribution < -0.4 is 4.90 Å². The van der Waals surface area contributed by atoms with Crippen molar-refractivity contribution < 1.29 is 4.52 Å². The van der Waals surface area contributed by atoms with Crippen molar-refractivity contribution in [2.45, 2.75) is 45.4 Å². The molecule has 0 unspecified atom stereocenters. The van der Waals surface area contributed by atoms with E-state index in [1.165, 1.54) is 0 Å². The average Bonchev–Trinajstić information content (AvgIpc) is 2.97. The summed E-state index contributed by atoms with van der Waals surface area (Å²) in [6.45, 7) is 7.94. The highest BCUT2D eigenvalue weighted by Crippen LogP contribution is 2.27.